The molecule has 0 aliphatic carbocycles. The number of carbonyl (C=O) groups is 1. The van der Waals surface area contributed by atoms with Gasteiger partial charge in [0.05, 0.1) is 12.7 Å². The molecule has 0 unspecified atom stereocenters. The van der Waals surface area contributed by atoms with E-state index in [4.69, 9.17) is 4.74 Å². The quantitative estimate of drug-likeness (QED) is 0.874. The summed E-state index contributed by atoms with van der Waals surface area (Å²) in [5, 5.41) is 5.70. The molecule has 5 nitrogen and oxygen atoms in total. The van der Waals surface area contributed by atoms with Gasteiger partial charge in [-0.3, -0.25) is 4.90 Å². The maximum Gasteiger partial charge on any atom is 0.319 e. The zero-order valence-corrected chi connectivity index (χ0v) is 12.9. The van der Waals surface area contributed by atoms with Crippen molar-refractivity contribution in [1.29, 1.82) is 0 Å². The van der Waals surface area contributed by atoms with E-state index in [1.807, 2.05) is 31.2 Å². The average molecular weight is 291 g/mol. The van der Waals surface area contributed by atoms with E-state index in [9.17, 15) is 4.79 Å². The Hall–Kier alpha value is -1.59. The van der Waals surface area contributed by atoms with Crippen LogP contribution in [0.1, 0.15) is 18.9 Å². The Kier molecular flexibility index (Phi) is 6.02. The zero-order chi connectivity index (χ0) is 15.1. The Morgan fingerprint density at radius 1 is 1.38 bits per heavy atom. The highest BCUT2D eigenvalue weighted by Crippen LogP contribution is 2.09. The molecule has 1 saturated heterocycles. The minimum absolute atomic E-state index is 0.165. The van der Waals surface area contributed by atoms with E-state index in [0.29, 0.717) is 6.54 Å². The summed E-state index contributed by atoms with van der Waals surface area (Å²) in [5.41, 5.74) is 1.99. The molecule has 1 aliphatic heterocycles. The minimum Gasteiger partial charge on any atom is -0.375 e. The predicted molar refractivity (Wildman–Crippen MR) is 84.7 cm³/mol. The molecule has 0 spiro atoms. The molecule has 2 amide bonds. The van der Waals surface area contributed by atoms with Gasteiger partial charge < -0.3 is 15.4 Å². The fourth-order valence-corrected chi connectivity index (χ4v) is 2.40. The fourth-order valence-electron chi connectivity index (χ4n) is 2.40. The zero-order valence-electron chi connectivity index (χ0n) is 12.9. The molecule has 1 aromatic rings. The molecule has 0 bridgehead atoms. The lowest BCUT2D eigenvalue weighted by atomic mass is 10.2. The first kappa shape index (κ1) is 15.8. The van der Waals surface area contributed by atoms with Crippen molar-refractivity contribution in [2.45, 2.75) is 26.4 Å². The highest BCUT2D eigenvalue weighted by atomic mass is 16.5. The van der Waals surface area contributed by atoms with Crippen LogP contribution in [0.2, 0.25) is 0 Å². The van der Waals surface area contributed by atoms with Gasteiger partial charge in [0.15, 0.2) is 0 Å². The summed E-state index contributed by atoms with van der Waals surface area (Å²) in [7, 11) is 0. The fraction of sp³-hybridized carbons (Fsp3) is 0.562. The second kappa shape index (κ2) is 8.00. The van der Waals surface area contributed by atoms with E-state index in [-0.39, 0.29) is 12.1 Å². The number of hydrogen-bond acceptors (Lipinski definition) is 3. The Balaban J connectivity index is 1.66. The Morgan fingerprint density at radius 2 is 2.14 bits per heavy atom. The molecule has 1 atom stereocenters. The molecule has 0 radical (unpaired) electrons. The molecule has 0 saturated carbocycles. The van der Waals surface area contributed by atoms with Crippen molar-refractivity contribution in [3.8, 4) is 0 Å². The Labute approximate surface area is 126 Å². The summed E-state index contributed by atoms with van der Waals surface area (Å²) in [5.74, 6) is 0. The molecule has 1 fully saturated rings. The van der Waals surface area contributed by atoms with Gasteiger partial charge in [0, 0.05) is 25.3 Å². The van der Waals surface area contributed by atoms with Crippen LogP contribution in [-0.4, -0.2) is 49.8 Å². The summed E-state index contributed by atoms with van der Waals surface area (Å²) in [6, 6.07) is 7.59. The Morgan fingerprint density at radius 3 is 2.86 bits per heavy atom. The molecule has 2 N–H and O–H groups in total. The first-order valence-electron chi connectivity index (χ1n) is 7.63. The summed E-state index contributed by atoms with van der Waals surface area (Å²) >= 11 is 0. The van der Waals surface area contributed by atoms with Crippen LogP contribution < -0.4 is 10.6 Å². The number of amides is 2. The molecule has 116 valence electrons. The van der Waals surface area contributed by atoms with Crippen LogP contribution in [0.25, 0.3) is 0 Å². The van der Waals surface area contributed by atoms with Gasteiger partial charge in [0.1, 0.15) is 0 Å². The number of morpholine rings is 1. The van der Waals surface area contributed by atoms with Crippen molar-refractivity contribution in [3.63, 3.8) is 0 Å². The molecule has 0 aromatic heterocycles. The van der Waals surface area contributed by atoms with Gasteiger partial charge >= 0.3 is 6.03 Å². The normalized spacial score (nSPS) is 19.2. The number of urea groups is 1. The summed E-state index contributed by atoms with van der Waals surface area (Å²) < 4.78 is 5.71. The van der Waals surface area contributed by atoms with E-state index in [1.165, 1.54) is 5.56 Å². The maximum atomic E-state index is 11.8. The van der Waals surface area contributed by atoms with E-state index in [0.717, 1.165) is 38.3 Å². The topological polar surface area (TPSA) is 53.6 Å². The third-order valence-corrected chi connectivity index (χ3v) is 3.73. The predicted octanol–water partition coefficient (Wildman–Crippen LogP) is 2.23. The second-order valence-corrected chi connectivity index (χ2v) is 5.42. The standard InChI is InChI=1S/C16H25N3O2/c1-3-19-10-11-21-15(12-19)8-9-17-16(20)18-14-6-4-13(2)5-7-14/h4-7,15H,3,8-12H2,1-2H3,(H2,17,18,20)/t15-/m1/s1. The molecule has 21 heavy (non-hydrogen) atoms. The van der Waals surface area contributed by atoms with Crippen LogP contribution in [0.5, 0.6) is 0 Å². The number of carbonyl (C=O) groups excluding carboxylic acids is 1. The smallest absolute Gasteiger partial charge is 0.319 e. The molecule has 5 heteroatoms. The highest BCUT2D eigenvalue weighted by Gasteiger charge is 2.18. The van der Waals surface area contributed by atoms with Crippen LogP contribution >= 0.6 is 0 Å². The van der Waals surface area contributed by atoms with Gasteiger partial charge in [-0.1, -0.05) is 24.6 Å². The lowest BCUT2D eigenvalue weighted by Crippen LogP contribution is -2.43. The average Bonchev–Trinajstić information content (AvgIpc) is 2.50. The van der Waals surface area contributed by atoms with Gasteiger partial charge in [-0.15, -0.1) is 0 Å². The number of anilines is 1. The first-order valence-corrected chi connectivity index (χ1v) is 7.63. The summed E-state index contributed by atoms with van der Waals surface area (Å²) in [6.45, 7) is 8.62. The number of rotatable bonds is 5. The second-order valence-electron chi connectivity index (χ2n) is 5.42. The lowest BCUT2D eigenvalue weighted by molar-refractivity contribution is -0.0294. The maximum absolute atomic E-state index is 11.8. The van der Waals surface area contributed by atoms with Crippen LogP contribution in [0, 0.1) is 6.92 Å². The van der Waals surface area contributed by atoms with Crippen molar-refractivity contribution in [1.82, 2.24) is 10.2 Å². The molecule has 2 rings (SSSR count). The van der Waals surface area contributed by atoms with Crippen LogP contribution in [0.15, 0.2) is 24.3 Å². The molecule has 1 aliphatic rings. The largest absolute Gasteiger partial charge is 0.375 e. The molecular formula is C16H25N3O2. The van der Waals surface area contributed by atoms with Crippen molar-refractivity contribution in [2.24, 2.45) is 0 Å². The van der Waals surface area contributed by atoms with Crippen molar-refractivity contribution < 1.29 is 9.53 Å². The van der Waals surface area contributed by atoms with E-state index in [1.54, 1.807) is 0 Å². The van der Waals surface area contributed by atoms with Gasteiger partial charge in [-0.05, 0) is 32.0 Å². The first-order chi connectivity index (χ1) is 10.2. The van der Waals surface area contributed by atoms with Crippen molar-refractivity contribution in [3.05, 3.63) is 29.8 Å². The monoisotopic (exact) mass is 291 g/mol. The molecule has 1 aromatic carbocycles. The SMILES string of the molecule is CCN1CCO[C@H](CCNC(=O)Nc2ccc(C)cc2)C1. The summed E-state index contributed by atoms with van der Waals surface area (Å²) in [4.78, 5) is 14.2. The number of benzene rings is 1. The number of ether oxygens (including phenoxy) is 1. The number of hydrogen-bond donors (Lipinski definition) is 2. The summed E-state index contributed by atoms with van der Waals surface area (Å²) in [6.07, 6.45) is 1.07. The number of nitrogens with one attached hydrogen (secondary N) is 2. The third kappa shape index (κ3) is 5.36. The van der Waals surface area contributed by atoms with Gasteiger partial charge in [0.2, 0.25) is 0 Å². The van der Waals surface area contributed by atoms with E-state index >= 15 is 0 Å². The van der Waals surface area contributed by atoms with E-state index < -0.39 is 0 Å². The van der Waals surface area contributed by atoms with Gasteiger partial charge in [-0.2, -0.15) is 0 Å². The Bertz CT molecular complexity index is 447. The van der Waals surface area contributed by atoms with Gasteiger partial charge in [0.25, 0.3) is 0 Å². The number of likely N-dealkylation sites (N-methyl/N-ethyl adjacent to an activating group) is 1. The highest BCUT2D eigenvalue weighted by molar-refractivity contribution is 5.89. The van der Waals surface area contributed by atoms with E-state index in [2.05, 4.69) is 22.5 Å². The van der Waals surface area contributed by atoms with Crippen molar-refractivity contribution >= 4 is 11.7 Å². The minimum atomic E-state index is -0.165. The third-order valence-electron chi connectivity index (χ3n) is 3.73. The number of aryl methyl sites for hydroxylation is 1. The van der Waals surface area contributed by atoms with Crippen LogP contribution in [0.3, 0.4) is 0 Å². The lowest BCUT2D eigenvalue weighted by Gasteiger charge is -2.32. The molecule has 1 heterocycles. The van der Waals surface area contributed by atoms with Crippen LogP contribution in [0.4, 0.5) is 10.5 Å². The number of nitrogens with zero attached hydrogens (tertiary/aromatic N) is 1. The van der Waals surface area contributed by atoms with Gasteiger partial charge in [-0.25, -0.2) is 4.79 Å². The van der Waals surface area contributed by atoms with Crippen LogP contribution in [-0.2, 0) is 4.74 Å². The molecular weight excluding hydrogens is 266 g/mol. The van der Waals surface area contributed by atoms with Crippen molar-refractivity contribution in [2.75, 3.05) is 38.1 Å².